The summed E-state index contributed by atoms with van der Waals surface area (Å²) >= 11 is 0. The molecule has 0 aromatic heterocycles. The minimum absolute atomic E-state index is 0.0172. The van der Waals surface area contributed by atoms with Gasteiger partial charge in [-0.2, -0.15) is 0 Å². The zero-order chi connectivity index (χ0) is 21.5. The maximum Gasteiger partial charge on any atom is 0.265 e. The Morgan fingerprint density at radius 1 is 0.933 bits per heavy atom. The number of hydrogen-bond acceptors (Lipinski definition) is 5. The molecule has 0 saturated heterocycles. The molecule has 2 N–H and O–H groups in total. The zero-order valence-electron chi connectivity index (χ0n) is 16.6. The van der Waals surface area contributed by atoms with E-state index < -0.39 is 10.0 Å². The summed E-state index contributed by atoms with van der Waals surface area (Å²) in [4.78, 5) is 12.7. The molecule has 1 heterocycles. The number of carbonyl (C=O) groups is 1. The van der Waals surface area contributed by atoms with Gasteiger partial charge in [0.15, 0.2) is 5.75 Å². The van der Waals surface area contributed by atoms with Crippen LogP contribution in [0.15, 0.2) is 59.5 Å². The number of benzene rings is 3. The normalized spacial score (nSPS) is 12.7. The molecular weight excluding hydrogens is 404 g/mol. The molecule has 3 aromatic carbocycles. The van der Waals surface area contributed by atoms with Gasteiger partial charge in [0, 0.05) is 5.69 Å². The van der Waals surface area contributed by atoms with Crippen molar-refractivity contribution in [1.29, 1.82) is 0 Å². The van der Waals surface area contributed by atoms with Crippen LogP contribution in [-0.2, 0) is 10.0 Å². The lowest BCUT2D eigenvalue weighted by Gasteiger charge is -2.13. The van der Waals surface area contributed by atoms with Gasteiger partial charge in [-0.05, 0) is 67.4 Å². The van der Waals surface area contributed by atoms with Gasteiger partial charge in [0.25, 0.3) is 15.9 Å². The number of sulfonamides is 1. The maximum atomic E-state index is 12.9. The van der Waals surface area contributed by atoms with E-state index in [1.807, 2.05) is 19.1 Å². The number of fused-ring (bicyclic) bond motifs is 2. The van der Waals surface area contributed by atoms with E-state index in [0.717, 1.165) is 11.1 Å². The van der Waals surface area contributed by atoms with Gasteiger partial charge in [-0.25, -0.2) is 8.42 Å². The van der Waals surface area contributed by atoms with E-state index in [1.165, 1.54) is 19.2 Å². The van der Waals surface area contributed by atoms with Crippen molar-refractivity contribution in [3.05, 3.63) is 71.3 Å². The molecule has 0 radical (unpaired) electrons. The maximum absolute atomic E-state index is 12.9. The Morgan fingerprint density at radius 2 is 1.63 bits per heavy atom. The van der Waals surface area contributed by atoms with Crippen LogP contribution in [0.1, 0.15) is 21.5 Å². The number of amides is 1. The number of aryl methyl sites for hydroxylation is 2. The van der Waals surface area contributed by atoms with Gasteiger partial charge in [-0.1, -0.05) is 12.1 Å². The van der Waals surface area contributed by atoms with Crippen molar-refractivity contribution in [2.45, 2.75) is 18.7 Å². The van der Waals surface area contributed by atoms with E-state index in [-0.39, 0.29) is 27.8 Å². The Morgan fingerprint density at radius 3 is 2.40 bits per heavy atom. The summed E-state index contributed by atoms with van der Waals surface area (Å²) in [5, 5.41) is 2.81. The third-order valence-electron chi connectivity index (χ3n) is 4.69. The number of rotatable bonds is 4. The van der Waals surface area contributed by atoms with Gasteiger partial charge in [0.2, 0.25) is 0 Å². The molecule has 154 valence electrons. The summed E-state index contributed by atoms with van der Waals surface area (Å²) in [6.07, 6.45) is 0. The monoisotopic (exact) mass is 424 g/mol. The summed E-state index contributed by atoms with van der Waals surface area (Å²) in [5.41, 5.74) is 2.77. The molecule has 0 atom stereocenters. The third kappa shape index (κ3) is 3.69. The fraction of sp³-hybridized carbons (Fsp3) is 0.136. The van der Waals surface area contributed by atoms with Gasteiger partial charge in [-0.3, -0.25) is 9.52 Å². The van der Waals surface area contributed by atoms with Crippen molar-refractivity contribution < 1.29 is 22.7 Å². The fourth-order valence-corrected chi connectivity index (χ4v) is 4.51. The molecule has 0 unspecified atom stereocenters. The standard InChI is InChI=1S/C22H20N2O5S/c1-13-4-7-19-17(10-13)23-22(25)16-12-15(6-9-18(16)29-19)24-30(26,27)21-11-14(2)5-8-20(21)28-3/h4-12,24H,1-3H3,(H,23,25). The van der Waals surface area contributed by atoms with E-state index in [2.05, 4.69) is 10.0 Å². The first-order valence-corrected chi connectivity index (χ1v) is 10.7. The fourth-order valence-electron chi connectivity index (χ4n) is 3.20. The summed E-state index contributed by atoms with van der Waals surface area (Å²) in [6.45, 7) is 3.71. The Labute approximate surface area is 174 Å². The molecule has 7 nitrogen and oxygen atoms in total. The molecule has 4 rings (SSSR count). The number of carbonyl (C=O) groups excluding carboxylic acids is 1. The predicted octanol–water partition coefficient (Wildman–Crippen LogP) is 4.47. The van der Waals surface area contributed by atoms with Crippen LogP contribution in [0, 0.1) is 13.8 Å². The van der Waals surface area contributed by atoms with Gasteiger partial charge >= 0.3 is 0 Å². The van der Waals surface area contributed by atoms with Crippen LogP contribution < -0.4 is 19.5 Å². The summed E-state index contributed by atoms with van der Waals surface area (Å²) in [5.74, 6) is 0.704. The van der Waals surface area contributed by atoms with E-state index in [9.17, 15) is 13.2 Å². The Hall–Kier alpha value is -3.52. The van der Waals surface area contributed by atoms with Crippen molar-refractivity contribution >= 4 is 27.3 Å². The average Bonchev–Trinajstić information content (AvgIpc) is 2.83. The first kappa shape index (κ1) is 19.8. The van der Waals surface area contributed by atoms with Crippen LogP contribution in [0.4, 0.5) is 11.4 Å². The van der Waals surface area contributed by atoms with E-state index in [1.54, 1.807) is 37.3 Å². The smallest absolute Gasteiger partial charge is 0.265 e. The van der Waals surface area contributed by atoms with E-state index in [4.69, 9.17) is 9.47 Å². The zero-order valence-corrected chi connectivity index (χ0v) is 17.5. The van der Waals surface area contributed by atoms with Crippen molar-refractivity contribution in [3.8, 4) is 17.2 Å². The second kappa shape index (κ2) is 7.38. The van der Waals surface area contributed by atoms with Gasteiger partial charge in [-0.15, -0.1) is 0 Å². The minimum atomic E-state index is -3.94. The highest BCUT2D eigenvalue weighted by Gasteiger charge is 2.24. The molecule has 8 heteroatoms. The lowest BCUT2D eigenvalue weighted by molar-refractivity contribution is 0.102. The number of ether oxygens (including phenoxy) is 2. The van der Waals surface area contributed by atoms with E-state index >= 15 is 0 Å². The van der Waals surface area contributed by atoms with Crippen molar-refractivity contribution in [2.24, 2.45) is 0 Å². The van der Waals surface area contributed by atoms with Crippen LogP contribution >= 0.6 is 0 Å². The number of hydrogen-bond donors (Lipinski definition) is 2. The van der Waals surface area contributed by atoms with Crippen LogP contribution in [0.5, 0.6) is 17.2 Å². The number of methoxy groups -OCH3 is 1. The molecular formula is C22H20N2O5S. The first-order valence-electron chi connectivity index (χ1n) is 9.18. The molecule has 0 fully saturated rings. The quantitative estimate of drug-likeness (QED) is 0.644. The van der Waals surface area contributed by atoms with Gasteiger partial charge in [0.1, 0.15) is 16.4 Å². The second-order valence-electron chi connectivity index (χ2n) is 7.03. The molecule has 30 heavy (non-hydrogen) atoms. The topological polar surface area (TPSA) is 93.7 Å². The summed E-state index contributed by atoms with van der Waals surface area (Å²) in [7, 11) is -2.53. The molecule has 0 saturated carbocycles. The number of nitrogens with one attached hydrogen (secondary N) is 2. The lowest BCUT2D eigenvalue weighted by atomic mass is 10.1. The van der Waals surface area contributed by atoms with Gasteiger partial charge in [0.05, 0.1) is 18.4 Å². The van der Waals surface area contributed by atoms with Crippen LogP contribution in [-0.4, -0.2) is 21.4 Å². The van der Waals surface area contributed by atoms with Gasteiger partial charge < -0.3 is 14.8 Å². The molecule has 0 bridgehead atoms. The molecule has 3 aromatic rings. The van der Waals surface area contributed by atoms with Crippen molar-refractivity contribution in [2.75, 3.05) is 17.1 Å². The molecule has 0 spiro atoms. The largest absolute Gasteiger partial charge is 0.495 e. The summed E-state index contributed by atoms with van der Waals surface area (Å²) in [6, 6.07) is 14.9. The highest BCUT2D eigenvalue weighted by atomic mass is 32.2. The average molecular weight is 424 g/mol. The highest BCUT2D eigenvalue weighted by Crippen LogP contribution is 2.37. The SMILES string of the molecule is COc1ccc(C)cc1S(=O)(=O)Nc1ccc2c(c1)C(=O)Nc1cc(C)ccc1O2. The molecule has 1 aliphatic rings. The molecule has 0 aliphatic carbocycles. The van der Waals surface area contributed by atoms with Crippen LogP contribution in [0.3, 0.4) is 0 Å². The van der Waals surface area contributed by atoms with Crippen molar-refractivity contribution in [3.63, 3.8) is 0 Å². The highest BCUT2D eigenvalue weighted by molar-refractivity contribution is 7.92. The van der Waals surface area contributed by atoms with E-state index in [0.29, 0.717) is 17.2 Å². The van der Waals surface area contributed by atoms with Crippen LogP contribution in [0.2, 0.25) is 0 Å². The second-order valence-corrected chi connectivity index (χ2v) is 8.68. The minimum Gasteiger partial charge on any atom is -0.495 e. The Balaban J connectivity index is 1.69. The Kier molecular flexibility index (Phi) is 4.87. The molecule has 1 aliphatic heterocycles. The predicted molar refractivity (Wildman–Crippen MR) is 114 cm³/mol. The Bertz CT molecular complexity index is 1270. The lowest BCUT2D eigenvalue weighted by Crippen LogP contribution is -2.15. The van der Waals surface area contributed by atoms with Crippen molar-refractivity contribution in [1.82, 2.24) is 0 Å². The first-order chi connectivity index (χ1) is 14.3. The molecule has 1 amide bonds. The third-order valence-corrected chi connectivity index (χ3v) is 6.09. The summed E-state index contributed by atoms with van der Waals surface area (Å²) < 4.78 is 39.5. The van der Waals surface area contributed by atoms with Crippen LogP contribution in [0.25, 0.3) is 0 Å². The number of anilines is 2.